The van der Waals surface area contributed by atoms with Crippen molar-refractivity contribution >= 4 is 33.9 Å². The van der Waals surface area contributed by atoms with Gasteiger partial charge >= 0.3 is 6.09 Å². The summed E-state index contributed by atoms with van der Waals surface area (Å²) in [6.45, 7) is 3.56. The number of rotatable bonds is 4. The van der Waals surface area contributed by atoms with E-state index in [1.54, 1.807) is 37.6 Å². The number of thiazole rings is 1. The van der Waals surface area contributed by atoms with Crippen molar-refractivity contribution < 1.29 is 9.53 Å². The average Bonchev–Trinajstić information content (AvgIpc) is 2.87. The molecule has 0 radical (unpaired) electrons. The van der Waals surface area contributed by atoms with Gasteiger partial charge in [-0.05, 0) is 32.0 Å². The van der Waals surface area contributed by atoms with E-state index in [0.29, 0.717) is 16.6 Å². The second-order valence-electron chi connectivity index (χ2n) is 4.74. The number of carbonyl (C=O) groups excluding carboxylic acids is 1. The quantitative estimate of drug-likeness (QED) is 0.750. The Labute approximate surface area is 142 Å². The minimum atomic E-state index is -0.673. The molecular formula is C15H14N6O2S. The van der Waals surface area contributed by atoms with Gasteiger partial charge in [-0.2, -0.15) is 0 Å². The molecular weight excluding hydrogens is 328 g/mol. The zero-order chi connectivity index (χ0) is 16.9. The van der Waals surface area contributed by atoms with E-state index in [1.807, 2.05) is 13.0 Å². The van der Waals surface area contributed by atoms with Crippen LogP contribution in [0.4, 0.5) is 21.3 Å². The molecule has 3 heterocycles. The lowest BCUT2D eigenvalue weighted by molar-refractivity contribution is 0.213. The van der Waals surface area contributed by atoms with E-state index < -0.39 is 6.09 Å². The van der Waals surface area contributed by atoms with Gasteiger partial charge in [0.1, 0.15) is 11.6 Å². The lowest BCUT2D eigenvalue weighted by Crippen LogP contribution is -2.18. The van der Waals surface area contributed by atoms with Crippen LogP contribution in [0, 0.1) is 13.8 Å². The first-order chi connectivity index (χ1) is 11.6. The third kappa shape index (κ3) is 4.02. The van der Waals surface area contributed by atoms with Crippen molar-refractivity contribution in [3.63, 3.8) is 0 Å². The number of nitrogens with zero attached hydrogens (tertiary/aromatic N) is 4. The van der Waals surface area contributed by atoms with E-state index in [0.717, 1.165) is 10.7 Å². The van der Waals surface area contributed by atoms with Crippen LogP contribution in [0.25, 0.3) is 0 Å². The Balaban J connectivity index is 1.71. The van der Waals surface area contributed by atoms with E-state index in [4.69, 9.17) is 4.74 Å². The number of amides is 1. The fourth-order valence-corrected chi connectivity index (χ4v) is 2.64. The molecule has 0 atom stereocenters. The maximum absolute atomic E-state index is 12.0. The molecule has 0 bridgehead atoms. The first-order valence-electron chi connectivity index (χ1n) is 7.03. The molecule has 0 unspecified atom stereocenters. The lowest BCUT2D eigenvalue weighted by atomic mass is 10.4. The van der Waals surface area contributed by atoms with Gasteiger partial charge in [-0.25, -0.2) is 19.7 Å². The molecule has 0 aliphatic heterocycles. The van der Waals surface area contributed by atoms with Crippen LogP contribution in [0.2, 0.25) is 0 Å². The predicted octanol–water partition coefficient (Wildman–Crippen LogP) is 3.30. The summed E-state index contributed by atoms with van der Waals surface area (Å²) in [6.07, 6.45) is 4.23. The van der Waals surface area contributed by atoms with Crippen molar-refractivity contribution in [2.75, 3.05) is 10.6 Å². The minimum Gasteiger partial charge on any atom is -0.388 e. The van der Waals surface area contributed by atoms with Gasteiger partial charge in [-0.1, -0.05) is 11.3 Å². The Morgan fingerprint density at radius 1 is 1.21 bits per heavy atom. The second-order valence-corrected chi connectivity index (χ2v) is 5.94. The smallest absolute Gasteiger partial charge is 0.388 e. The third-order valence-electron chi connectivity index (χ3n) is 2.82. The molecule has 0 saturated heterocycles. The Hall–Kier alpha value is -3.07. The van der Waals surface area contributed by atoms with Crippen LogP contribution in [0.3, 0.4) is 0 Å². The first kappa shape index (κ1) is 15.8. The number of hydrogen-bond acceptors (Lipinski definition) is 8. The Kier molecular flexibility index (Phi) is 4.62. The highest BCUT2D eigenvalue weighted by Gasteiger charge is 2.15. The molecule has 24 heavy (non-hydrogen) atoms. The summed E-state index contributed by atoms with van der Waals surface area (Å²) in [5.41, 5.74) is 0.776. The van der Waals surface area contributed by atoms with Crippen LogP contribution in [0.15, 0.2) is 36.8 Å². The number of aromatic nitrogens is 4. The van der Waals surface area contributed by atoms with Gasteiger partial charge in [0.05, 0.1) is 16.9 Å². The second kappa shape index (κ2) is 7.01. The highest BCUT2D eigenvalue weighted by Crippen LogP contribution is 2.33. The highest BCUT2D eigenvalue weighted by atomic mass is 32.1. The largest absolute Gasteiger partial charge is 0.419 e. The average molecular weight is 342 g/mol. The predicted molar refractivity (Wildman–Crippen MR) is 90.8 cm³/mol. The number of nitrogens with one attached hydrogen (secondary N) is 2. The van der Waals surface area contributed by atoms with Crippen LogP contribution >= 0.6 is 11.3 Å². The minimum absolute atomic E-state index is 0.199. The molecule has 9 heteroatoms. The summed E-state index contributed by atoms with van der Waals surface area (Å²) in [4.78, 5) is 28.3. The maximum Gasteiger partial charge on any atom is 0.419 e. The molecule has 0 spiro atoms. The van der Waals surface area contributed by atoms with E-state index in [1.165, 1.54) is 11.3 Å². The number of pyridine rings is 1. The van der Waals surface area contributed by atoms with E-state index in [2.05, 4.69) is 30.6 Å². The Bertz CT molecular complexity index is 852. The normalized spacial score (nSPS) is 10.2. The van der Waals surface area contributed by atoms with Crippen molar-refractivity contribution in [2.45, 2.75) is 13.8 Å². The van der Waals surface area contributed by atoms with E-state index in [-0.39, 0.29) is 5.88 Å². The molecule has 3 aromatic rings. The van der Waals surface area contributed by atoms with Crippen molar-refractivity contribution in [3.05, 3.63) is 47.6 Å². The fraction of sp³-hybridized carbons (Fsp3) is 0.133. The van der Waals surface area contributed by atoms with Gasteiger partial charge in [0.15, 0.2) is 5.00 Å². The standard InChI is InChI=1S/C15H14N6O2S/c1-9-17-7-5-12(18-9)21-15(22)23-13-14(24-10(2)19-13)20-11-4-3-6-16-8-11/h3-8,20H,1-2H3,(H,17,18,21,22). The van der Waals surface area contributed by atoms with Gasteiger partial charge in [-0.3, -0.25) is 10.3 Å². The van der Waals surface area contributed by atoms with Crippen molar-refractivity contribution in [3.8, 4) is 5.88 Å². The molecule has 0 fully saturated rings. The van der Waals surface area contributed by atoms with Crippen LogP contribution in [-0.4, -0.2) is 26.0 Å². The van der Waals surface area contributed by atoms with Gasteiger partial charge in [0, 0.05) is 12.4 Å². The summed E-state index contributed by atoms with van der Waals surface area (Å²) in [7, 11) is 0. The van der Waals surface area contributed by atoms with Crippen LogP contribution in [-0.2, 0) is 0 Å². The molecule has 0 aliphatic carbocycles. The monoisotopic (exact) mass is 342 g/mol. The zero-order valence-electron chi connectivity index (χ0n) is 13.0. The fourth-order valence-electron chi connectivity index (χ4n) is 1.87. The Morgan fingerprint density at radius 2 is 2.08 bits per heavy atom. The number of aryl methyl sites for hydroxylation is 2. The van der Waals surface area contributed by atoms with Gasteiger partial charge < -0.3 is 10.1 Å². The maximum atomic E-state index is 12.0. The third-order valence-corrected chi connectivity index (χ3v) is 3.69. The van der Waals surface area contributed by atoms with Gasteiger partial charge in [-0.15, -0.1) is 0 Å². The molecule has 0 aliphatic rings. The molecule has 0 aromatic carbocycles. The highest BCUT2D eigenvalue weighted by molar-refractivity contribution is 7.16. The lowest BCUT2D eigenvalue weighted by Gasteiger charge is -2.07. The Morgan fingerprint density at radius 3 is 2.83 bits per heavy atom. The first-order valence-corrected chi connectivity index (χ1v) is 7.85. The summed E-state index contributed by atoms with van der Waals surface area (Å²) in [5.74, 6) is 1.11. The summed E-state index contributed by atoms with van der Waals surface area (Å²) in [6, 6.07) is 5.24. The van der Waals surface area contributed by atoms with Gasteiger partial charge in [0.25, 0.3) is 5.88 Å². The molecule has 3 rings (SSSR count). The molecule has 3 aromatic heterocycles. The summed E-state index contributed by atoms with van der Waals surface area (Å²) >= 11 is 1.38. The summed E-state index contributed by atoms with van der Waals surface area (Å²) in [5, 5.41) is 7.06. The number of carbonyl (C=O) groups is 1. The SMILES string of the molecule is Cc1nccc(NC(=O)Oc2nc(C)sc2Nc2cccnc2)n1. The van der Waals surface area contributed by atoms with Crippen LogP contribution < -0.4 is 15.4 Å². The molecule has 2 N–H and O–H groups in total. The number of hydrogen-bond donors (Lipinski definition) is 2. The van der Waals surface area contributed by atoms with Crippen molar-refractivity contribution in [1.82, 2.24) is 19.9 Å². The van der Waals surface area contributed by atoms with E-state index >= 15 is 0 Å². The zero-order valence-corrected chi connectivity index (χ0v) is 13.8. The molecule has 0 saturated carbocycles. The number of anilines is 3. The van der Waals surface area contributed by atoms with Crippen LogP contribution in [0.5, 0.6) is 5.88 Å². The van der Waals surface area contributed by atoms with Crippen LogP contribution in [0.1, 0.15) is 10.8 Å². The topological polar surface area (TPSA) is 102 Å². The number of ether oxygens (including phenoxy) is 1. The summed E-state index contributed by atoms with van der Waals surface area (Å²) < 4.78 is 5.29. The van der Waals surface area contributed by atoms with Crippen molar-refractivity contribution in [1.29, 1.82) is 0 Å². The molecule has 1 amide bonds. The molecule has 122 valence electrons. The van der Waals surface area contributed by atoms with Gasteiger partial charge in [0.2, 0.25) is 0 Å². The van der Waals surface area contributed by atoms with E-state index in [9.17, 15) is 4.79 Å². The molecule has 8 nitrogen and oxygen atoms in total. The van der Waals surface area contributed by atoms with Crippen molar-refractivity contribution in [2.24, 2.45) is 0 Å².